The Morgan fingerprint density at radius 2 is 1.89 bits per heavy atom. The molecule has 1 fully saturated rings. The van der Waals surface area contributed by atoms with E-state index in [0.29, 0.717) is 53.8 Å². The topological polar surface area (TPSA) is 101 Å². The lowest BCUT2D eigenvalue weighted by Gasteiger charge is -2.30. The minimum atomic E-state index is -0.749. The highest BCUT2D eigenvalue weighted by atomic mass is 32.1. The van der Waals surface area contributed by atoms with Crippen molar-refractivity contribution in [2.24, 2.45) is 0 Å². The van der Waals surface area contributed by atoms with Gasteiger partial charge in [0.05, 0.1) is 54.6 Å². The number of carbonyl (C=O) groups excluding carboxylic acids is 2. The number of aliphatic hydroxyl groups is 1. The van der Waals surface area contributed by atoms with Gasteiger partial charge in [0.1, 0.15) is 0 Å². The van der Waals surface area contributed by atoms with Crippen LogP contribution in [0.4, 0.5) is 0 Å². The van der Waals surface area contributed by atoms with Crippen molar-refractivity contribution in [2.45, 2.75) is 26.3 Å². The average molecular weight is 502 g/mol. The van der Waals surface area contributed by atoms with Crippen LogP contribution in [-0.4, -0.2) is 85.2 Å². The molecule has 1 saturated heterocycles. The summed E-state index contributed by atoms with van der Waals surface area (Å²) in [6.45, 7) is 7.87. The number of carbonyl (C=O) groups is 2. The van der Waals surface area contributed by atoms with Crippen LogP contribution >= 0.6 is 11.3 Å². The number of aromatic nitrogens is 1. The molecule has 1 amide bonds. The molecule has 2 aliphatic heterocycles. The lowest BCUT2D eigenvalue weighted by molar-refractivity contribution is -0.129. The van der Waals surface area contributed by atoms with E-state index < -0.39 is 17.7 Å². The first-order valence-corrected chi connectivity index (χ1v) is 12.4. The molecule has 2 aliphatic rings. The van der Waals surface area contributed by atoms with E-state index in [1.54, 1.807) is 37.1 Å². The third-order valence-corrected chi connectivity index (χ3v) is 7.43. The maximum absolute atomic E-state index is 13.7. The summed E-state index contributed by atoms with van der Waals surface area (Å²) in [5.74, 6) is -0.418. The molecule has 3 heterocycles. The smallest absolute Gasteiger partial charge is 0.290 e. The van der Waals surface area contributed by atoms with Crippen molar-refractivity contribution in [3.05, 3.63) is 50.7 Å². The van der Waals surface area contributed by atoms with Crippen LogP contribution in [0.3, 0.4) is 0 Å². The number of ether oxygens (including phenoxy) is 3. The van der Waals surface area contributed by atoms with Gasteiger partial charge < -0.3 is 24.2 Å². The molecule has 0 unspecified atom stereocenters. The number of aryl methyl sites for hydroxylation is 2. The molecule has 188 valence electrons. The molecule has 35 heavy (non-hydrogen) atoms. The Morgan fingerprint density at radius 3 is 2.51 bits per heavy atom. The molecule has 1 aromatic carbocycles. The Bertz CT molecular complexity index is 1140. The van der Waals surface area contributed by atoms with Gasteiger partial charge in [-0.15, -0.1) is 11.3 Å². The van der Waals surface area contributed by atoms with E-state index in [1.807, 2.05) is 6.92 Å². The van der Waals surface area contributed by atoms with Gasteiger partial charge in [0, 0.05) is 26.2 Å². The summed E-state index contributed by atoms with van der Waals surface area (Å²) in [6.07, 6.45) is 0.697. The molecule has 1 N–H and O–H groups in total. The molecular formula is C25H31N3O6S. The van der Waals surface area contributed by atoms with Crippen molar-refractivity contribution in [1.82, 2.24) is 14.8 Å². The molecule has 0 aliphatic carbocycles. The zero-order valence-electron chi connectivity index (χ0n) is 20.5. The number of amides is 1. The van der Waals surface area contributed by atoms with Crippen molar-refractivity contribution in [2.75, 3.05) is 53.6 Å². The van der Waals surface area contributed by atoms with Crippen molar-refractivity contribution in [3.63, 3.8) is 0 Å². The van der Waals surface area contributed by atoms with E-state index >= 15 is 0 Å². The van der Waals surface area contributed by atoms with Gasteiger partial charge in [0.25, 0.3) is 5.91 Å². The third kappa shape index (κ3) is 5.05. The first-order valence-electron chi connectivity index (χ1n) is 11.6. The van der Waals surface area contributed by atoms with Crippen LogP contribution in [0.25, 0.3) is 0 Å². The van der Waals surface area contributed by atoms with Gasteiger partial charge in [0.2, 0.25) is 5.78 Å². The van der Waals surface area contributed by atoms with Crippen molar-refractivity contribution in [1.29, 1.82) is 0 Å². The van der Waals surface area contributed by atoms with Crippen LogP contribution in [-0.2, 0) is 9.53 Å². The second-order valence-electron chi connectivity index (χ2n) is 8.56. The Kier molecular flexibility index (Phi) is 7.73. The fourth-order valence-electron chi connectivity index (χ4n) is 4.64. The SMILES string of the molecule is COc1ccc([C@@H]2C(C(=O)c3sc(C)nc3C)=C(O)C(=O)N2CCCN2CCOCC2)cc1OC. The first-order chi connectivity index (χ1) is 16.8. The lowest BCUT2D eigenvalue weighted by atomic mass is 9.94. The summed E-state index contributed by atoms with van der Waals surface area (Å²) in [7, 11) is 3.08. The highest BCUT2D eigenvalue weighted by Gasteiger charge is 2.44. The molecule has 9 nitrogen and oxygen atoms in total. The Labute approximate surface area is 208 Å². The number of hydrogen-bond donors (Lipinski definition) is 1. The molecule has 10 heteroatoms. The summed E-state index contributed by atoms with van der Waals surface area (Å²) in [6, 6.07) is 4.54. The molecule has 4 rings (SSSR count). The summed E-state index contributed by atoms with van der Waals surface area (Å²) in [4.78, 5) is 35.6. The standard InChI is InChI=1S/C25H31N3O6S/c1-15-24(35-16(2)26-15)22(29)20-21(17-6-7-18(32-3)19(14-17)33-4)28(25(31)23(20)30)9-5-8-27-10-12-34-13-11-27/h6-7,14,21,30H,5,8-13H2,1-4H3/t21-/m1/s1. The quantitative estimate of drug-likeness (QED) is 0.523. The average Bonchev–Trinajstić information content (AvgIpc) is 3.34. The van der Waals surface area contributed by atoms with Gasteiger partial charge in [-0.3, -0.25) is 14.5 Å². The molecule has 1 aromatic heterocycles. The van der Waals surface area contributed by atoms with Crippen LogP contribution in [0.15, 0.2) is 29.5 Å². The number of hydrogen-bond acceptors (Lipinski definition) is 9. The van der Waals surface area contributed by atoms with Crippen LogP contribution < -0.4 is 9.47 Å². The number of aliphatic hydroxyl groups excluding tert-OH is 1. The molecule has 0 spiro atoms. The summed E-state index contributed by atoms with van der Waals surface area (Å²) in [5.41, 5.74) is 1.32. The van der Waals surface area contributed by atoms with Gasteiger partial charge in [-0.25, -0.2) is 4.98 Å². The largest absolute Gasteiger partial charge is 0.503 e. The lowest BCUT2D eigenvalue weighted by Crippen LogP contribution is -2.39. The zero-order valence-corrected chi connectivity index (χ0v) is 21.3. The Balaban J connectivity index is 1.68. The van der Waals surface area contributed by atoms with Crippen molar-refractivity contribution < 1.29 is 28.9 Å². The molecule has 2 aromatic rings. The molecule has 0 saturated carbocycles. The van der Waals surface area contributed by atoms with E-state index in [0.717, 1.165) is 24.6 Å². The predicted molar refractivity (Wildman–Crippen MR) is 131 cm³/mol. The zero-order chi connectivity index (χ0) is 25.1. The van der Waals surface area contributed by atoms with Crippen LogP contribution in [0, 0.1) is 13.8 Å². The van der Waals surface area contributed by atoms with Gasteiger partial charge in [-0.2, -0.15) is 0 Å². The highest BCUT2D eigenvalue weighted by molar-refractivity contribution is 7.14. The maximum atomic E-state index is 13.7. The highest BCUT2D eigenvalue weighted by Crippen LogP contribution is 2.42. The van der Waals surface area contributed by atoms with Crippen molar-refractivity contribution in [3.8, 4) is 11.5 Å². The fraction of sp³-hybridized carbons (Fsp3) is 0.480. The second-order valence-corrected chi connectivity index (χ2v) is 9.77. The summed E-state index contributed by atoms with van der Waals surface area (Å²) >= 11 is 1.26. The number of nitrogens with zero attached hydrogens (tertiary/aromatic N) is 3. The number of morpholine rings is 1. The molecule has 0 bridgehead atoms. The monoisotopic (exact) mass is 501 g/mol. The Hall–Kier alpha value is -2.95. The third-order valence-electron chi connectivity index (χ3n) is 6.36. The maximum Gasteiger partial charge on any atom is 0.290 e. The number of methoxy groups -OCH3 is 2. The number of ketones is 1. The second kappa shape index (κ2) is 10.8. The van der Waals surface area contributed by atoms with E-state index in [-0.39, 0.29) is 11.4 Å². The van der Waals surface area contributed by atoms with Gasteiger partial charge in [0.15, 0.2) is 17.3 Å². The fourth-order valence-corrected chi connectivity index (χ4v) is 5.51. The first kappa shape index (κ1) is 25.2. The van der Waals surface area contributed by atoms with E-state index in [4.69, 9.17) is 14.2 Å². The normalized spacial score (nSPS) is 18.9. The molecule has 0 radical (unpaired) electrons. The van der Waals surface area contributed by atoms with Gasteiger partial charge in [-0.1, -0.05) is 6.07 Å². The van der Waals surface area contributed by atoms with E-state index in [2.05, 4.69) is 9.88 Å². The summed E-state index contributed by atoms with van der Waals surface area (Å²) < 4.78 is 16.2. The minimum Gasteiger partial charge on any atom is -0.503 e. The van der Waals surface area contributed by atoms with Gasteiger partial charge in [-0.05, 0) is 38.0 Å². The number of rotatable bonds is 9. The van der Waals surface area contributed by atoms with Crippen molar-refractivity contribution >= 4 is 23.0 Å². The number of Topliss-reactive ketones (excluding diaryl/α,β-unsaturated/α-hetero) is 1. The van der Waals surface area contributed by atoms with Crippen LogP contribution in [0.1, 0.15) is 38.4 Å². The van der Waals surface area contributed by atoms with Crippen LogP contribution in [0.2, 0.25) is 0 Å². The summed E-state index contributed by atoms with van der Waals surface area (Å²) in [5, 5.41) is 11.7. The minimum absolute atomic E-state index is 0.0698. The number of thiazole rings is 1. The van der Waals surface area contributed by atoms with E-state index in [9.17, 15) is 14.7 Å². The van der Waals surface area contributed by atoms with Crippen LogP contribution in [0.5, 0.6) is 11.5 Å². The molecular weight excluding hydrogens is 470 g/mol. The molecule has 1 atom stereocenters. The predicted octanol–water partition coefficient (Wildman–Crippen LogP) is 3.08. The Morgan fingerprint density at radius 1 is 1.17 bits per heavy atom. The van der Waals surface area contributed by atoms with Gasteiger partial charge >= 0.3 is 0 Å². The van der Waals surface area contributed by atoms with E-state index in [1.165, 1.54) is 18.4 Å². The number of benzene rings is 1.